The third-order valence-corrected chi connectivity index (χ3v) is 4.47. The number of benzene rings is 1. The minimum absolute atomic E-state index is 0.0840. The van der Waals surface area contributed by atoms with E-state index in [2.05, 4.69) is 15.3 Å². The maximum absolute atomic E-state index is 12.2. The third kappa shape index (κ3) is 4.22. The van der Waals surface area contributed by atoms with E-state index in [4.69, 9.17) is 14.2 Å². The number of carbonyl (C=O) groups is 1. The van der Waals surface area contributed by atoms with E-state index in [1.165, 1.54) is 12.4 Å². The summed E-state index contributed by atoms with van der Waals surface area (Å²) in [6, 6.07) is 5.72. The van der Waals surface area contributed by atoms with E-state index in [0.717, 1.165) is 25.7 Å². The van der Waals surface area contributed by atoms with E-state index in [1.54, 1.807) is 20.4 Å². The van der Waals surface area contributed by atoms with Crippen molar-refractivity contribution in [1.82, 2.24) is 15.3 Å². The summed E-state index contributed by atoms with van der Waals surface area (Å²) >= 11 is 0. The number of ether oxygens (including phenoxy) is 3. The van der Waals surface area contributed by atoms with Crippen LogP contribution in [0.25, 0.3) is 0 Å². The molecule has 1 aromatic heterocycles. The van der Waals surface area contributed by atoms with Crippen molar-refractivity contribution in [3.63, 3.8) is 0 Å². The Morgan fingerprint density at radius 2 is 1.85 bits per heavy atom. The van der Waals surface area contributed by atoms with Crippen LogP contribution in [0.4, 0.5) is 0 Å². The van der Waals surface area contributed by atoms with E-state index in [0.29, 0.717) is 22.9 Å². The van der Waals surface area contributed by atoms with Crippen LogP contribution in [-0.4, -0.2) is 42.2 Å². The first kappa shape index (κ1) is 18.0. The number of amides is 1. The Bertz CT molecular complexity index is 731. The summed E-state index contributed by atoms with van der Waals surface area (Å²) in [5.41, 5.74) is 0.340. The number of hydrogen-bond acceptors (Lipinski definition) is 6. The second-order valence-electron chi connectivity index (χ2n) is 6.15. The van der Waals surface area contributed by atoms with Crippen LogP contribution in [0.3, 0.4) is 0 Å². The van der Waals surface area contributed by atoms with Gasteiger partial charge in [0.2, 0.25) is 5.75 Å². The molecule has 1 saturated carbocycles. The number of nitrogens with zero attached hydrogens (tertiary/aromatic N) is 2. The molecule has 26 heavy (non-hydrogen) atoms. The monoisotopic (exact) mass is 357 g/mol. The molecule has 138 valence electrons. The minimum atomic E-state index is -0.183. The van der Waals surface area contributed by atoms with Gasteiger partial charge in [-0.25, -0.2) is 4.98 Å². The number of methoxy groups -OCH3 is 2. The van der Waals surface area contributed by atoms with Gasteiger partial charge in [0.05, 0.1) is 26.5 Å². The lowest BCUT2D eigenvalue weighted by atomic mass is 9.93. The Labute approximate surface area is 152 Å². The van der Waals surface area contributed by atoms with Crippen LogP contribution in [0.2, 0.25) is 0 Å². The van der Waals surface area contributed by atoms with Crippen molar-refractivity contribution >= 4 is 5.91 Å². The van der Waals surface area contributed by atoms with Crippen molar-refractivity contribution < 1.29 is 19.0 Å². The van der Waals surface area contributed by atoms with Crippen molar-refractivity contribution in [3.05, 3.63) is 42.5 Å². The van der Waals surface area contributed by atoms with Crippen molar-refractivity contribution in [3.8, 4) is 17.2 Å². The number of rotatable bonds is 6. The second kappa shape index (κ2) is 8.51. The number of hydrogen-bond donors (Lipinski definition) is 1. The highest BCUT2D eigenvalue weighted by molar-refractivity contribution is 5.92. The minimum Gasteiger partial charge on any atom is -0.493 e. The van der Waals surface area contributed by atoms with Gasteiger partial charge in [-0.05, 0) is 37.8 Å². The van der Waals surface area contributed by atoms with Gasteiger partial charge in [0, 0.05) is 18.4 Å². The lowest BCUT2D eigenvalue weighted by molar-refractivity contribution is 0.0886. The average molecular weight is 357 g/mol. The smallest absolute Gasteiger partial charge is 0.271 e. The summed E-state index contributed by atoms with van der Waals surface area (Å²) < 4.78 is 16.8. The molecule has 1 aliphatic rings. The molecule has 1 N–H and O–H groups in total. The molecular weight excluding hydrogens is 334 g/mol. The standard InChI is InChI=1S/C19H23N3O4/c1-24-16-4-3-5-17(18(16)25-2)26-14-8-6-13(7-9-14)22-19(23)15-12-20-10-11-21-15/h3-5,10-14H,6-9H2,1-2H3,(H,22,23). The van der Waals surface area contributed by atoms with Gasteiger partial charge in [-0.1, -0.05) is 6.07 Å². The summed E-state index contributed by atoms with van der Waals surface area (Å²) in [6.07, 6.45) is 8.02. The molecule has 1 heterocycles. The van der Waals surface area contributed by atoms with Gasteiger partial charge in [-0.3, -0.25) is 9.78 Å². The maximum Gasteiger partial charge on any atom is 0.271 e. The zero-order valence-electron chi connectivity index (χ0n) is 15.0. The Morgan fingerprint density at radius 3 is 2.50 bits per heavy atom. The first-order chi connectivity index (χ1) is 12.7. The molecule has 0 atom stereocenters. The summed E-state index contributed by atoms with van der Waals surface area (Å²) in [5, 5.41) is 3.02. The maximum atomic E-state index is 12.2. The molecule has 1 fully saturated rings. The topological polar surface area (TPSA) is 82.6 Å². The van der Waals surface area contributed by atoms with Crippen LogP contribution >= 0.6 is 0 Å². The molecule has 1 amide bonds. The molecule has 2 aromatic rings. The molecule has 0 radical (unpaired) electrons. The Kier molecular flexibility index (Phi) is 5.88. The van der Waals surface area contributed by atoms with Gasteiger partial charge >= 0.3 is 0 Å². The molecule has 3 rings (SSSR count). The highest BCUT2D eigenvalue weighted by Crippen LogP contribution is 2.38. The highest BCUT2D eigenvalue weighted by atomic mass is 16.5. The number of aromatic nitrogens is 2. The highest BCUT2D eigenvalue weighted by Gasteiger charge is 2.25. The van der Waals surface area contributed by atoms with Crippen LogP contribution in [0.15, 0.2) is 36.8 Å². The van der Waals surface area contributed by atoms with Crippen LogP contribution < -0.4 is 19.5 Å². The van der Waals surface area contributed by atoms with Gasteiger partial charge in [0.15, 0.2) is 11.5 Å². The van der Waals surface area contributed by atoms with E-state index in [9.17, 15) is 4.79 Å². The number of nitrogens with one attached hydrogen (secondary N) is 1. The molecule has 7 heteroatoms. The molecule has 0 spiro atoms. The van der Waals surface area contributed by atoms with Gasteiger partial charge in [-0.2, -0.15) is 0 Å². The predicted octanol–water partition coefficient (Wildman–Crippen LogP) is 2.61. The predicted molar refractivity (Wildman–Crippen MR) is 95.7 cm³/mol. The molecular formula is C19H23N3O4. The lowest BCUT2D eigenvalue weighted by Crippen LogP contribution is -2.40. The Hall–Kier alpha value is -2.83. The Morgan fingerprint density at radius 1 is 1.08 bits per heavy atom. The second-order valence-corrected chi connectivity index (χ2v) is 6.15. The normalized spacial score (nSPS) is 19.5. The number of para-hydroxylation sites is 1. The zero-order chi connectivity index (χ0) is 18.4. The molecule has 1 aromatic carbocycles. The first-order valence-electron chi connectivity index (χ1n) is 8.65. The third-order valence-electron chi connectivity index (χ3n) is 4.47. The summed E-state index contributed by atoms with van der Waals surface area (Å²) in [6.45, 7) is 0. The fraction of sp³-hybridized carbons (Fsp3) is 0.421. The molecule has 7 nitrogen and oxygen atoms in total. The summed E-state index contributed by atoms with van der Waals surface area (Å²) in [4.78, 5) is 20.1. The molecule has 0 unspecified atom stereocenters. The SMILES string of the molecule is COc1cccc(OC2CCC(NC(=O)c3cnccn3)CC2)c1OC. The average Bonchev–Trinajstić information content (AvgIpc) is 2.69. The van der Waals surface area contributed by atoms with Crippen LogP contribution in [0.1, 0.15) is 36.2 Å². The van der Waals surface area contributed by atoms with Crippen LogP contribution in [0.5, 0.6) is 17.2 Å². The van der Waals surface area contributed by atoms with Gasteiger partial charge in [0.1, 0.15) is 5.69 Å². The fourth-order valence-corrected chi connectivity index (χ4v) is 3.13. The molecule has 1 aliphatic carbocycles. The first-order valence-corrected chi connectivity index (χ1v) is 8.65. The molecule has 0 aliphatic heterocycles. The van der Waals surface area contributed by atoms with Gasteiger partial charge in [-0.15, -0.1) is 0 Å². The van der Waals surface area contributed by atoms with Gasteiger partial charge in [0.25, 0.3) is 5.91 Å². The van der Waals surface area contributed by atoms with Crippen LogP contribution in [0, 0.1) is 0 Å². The summed E-state index contributed by atoms with van der Waals surface area (Å²) in [5.74, 6) is 1.75. The van der Waals surface area contributed by atoms with E-state index >= 15 is 0 Å². The zero-order valence-corrected chi connectivity index (χ0v) is 15.0. The van der Waals surface area contributed by atoms with Crippen LogP contribution in [-0.2, 0) is 0 Å². The molecule has 0 bridgehead atoms. The lowest BCUT2D eigenvalue weighted by Gasteiger charge is -2.30. The quantitative estimate of drug-likeness (QED) is 0.856. The van der Waals surface area contributed by atoms with E-state index < -0.39 is 0 Å². The fourth-order valence-electron chi connectivity index (χ4n) is 3.13. The number of carbonyl (C=O) groups excluding carboxylic acids is 1. The van der Waals surface area contributed by atoms with Crippen molar-refractivity contribution in [2.24, 2.45) is 0 Å². The molecule has 0 saturated heterocycles. The Balaban J connectivity index is 1.54. The van der Waals surface area contributed by atoms with Crippen molar-refractivity contribution in [1.29, 1.82) is 0 Å². The van der Waals surface area contributed by atoms with Gasteiger partial charge < -0.3 is 19.5 Å². The van der Waals surface area contributed by atoms with E-state index in [1.807, 2.05) is 18.2 Å². The largest absolute Gasteiger partial charge is 0.493 e. The van der Waals surface area contributed by atoms with E-state index in [-0.39, 0.29) is 18.1 Å². The summed E-state index contributed by atoms with van der Waals surface area (Å²) in [7, 11) is 3.20. The van der Waals surface area contributed by atoms with Crippen molar-refractivity contribution in [2.75, 3.05) is 14.2 Å². The van der Waals surface area contributed by atoms with Crippen molar-refractivity contribution in [2.45, 2.75) is 37.8 Å².